The van der Waals surface area contributed by atoms with Crippen LogP contribution in [0.3, 0.4) is 0 Å². The van der Waals surface area contributed by atoms with Crippen LogP contribution in [-0.2, 0) is 26.4 Å². The van der Waals surface area contributed by atoms with Gasteiger partial charge in [0.1, 0.15) is 5.82 Å². The largest absolute Gasteiger partial charge is 0.344 e. The third-order valence-corrected chi connectivity index (χ3v) is 6.08. The van der Waals surface area contributed by atoms with Gasteiger partial charge in [0.25, 0.3) is 5.91 Å². The molecule has 5 heteroatoms. The molecule has 1 unspecified atom stereocenters. The van der Waals surface area contributed by atoms with Gasteiger partial charge in [-0.2, -0.15) is 0 Å². The monoisotopic (exact) mass is 339 g/mol. The van der Waals surface area contributed by atoms with Crippen molar-refractivity contribution in [3.05, 3.63) is 51.5 Å². The Morgan fingerprint density at radius 1 is 1.42 bits per heavy atom. The second kappa shape index (κ2) is 6.06. The van der Waals surface area contributed by atoms with E-state index in [0.29, 0.717) is 6.54 Å². The average molecular weight is 339 g/mol. The number of aryl methyl sites for hydroxylation is 2. The van der Waals surface area contributed by atoms with Crippen molar-refractivity contribution in [2.45, 2.75) is 32.7 Å². The molecule has 0 spiro atoms. The van der Waals surface area contributed by atoms with E-state index in [9.17, 15) is 4.79 Å². The normalized spacial score (nSPS) is 17.0. The molecule has 4 nitrogen and oxygen atoms in total. The van der Waals surface area contributed by atoms with Crippen LogP contribution < -0.4 is 5.32 Å². The van der Waals surface area contributed by atoms with Crippen LogP contribution in [0.15, 0.2) is 30.3 Å². The predicted molar refractivity (Wildman–Crippen MR) is 97.4 cm³/mol. The zero-order chi connectivity index (χ0) is 16.7. The zero-order valence-electron chi connectivity index (χ0n) is 14.0. The maximum Gasteiger partial charge on any atom is 0.261 e. The average Bonchev–Trinajstić information content (AvgIpc) is 3.14. The summed E-state index contributed by atoms with van der Waals surface area (Å²) in [5.41, 5.74) is 3.42. The second-order valence-corrected chi connectivity index (χ2v) is 7.80. The van der Waals surface area contributed by atoms with Crippen molar-refractivity contribution in [2.24, 2.45) is 13.0 Å². The first-order chi connectivity index (χ1) is 11.6. The lowest BCUT2D eigenvalue weighted by atomic mass is 9.90. The summed E-state index contributed by atoms with van der Waals surface area (Å²) < 4.78 is 2.04. The van der Waals surface area contributed by atoms with Gasteiger partial charge in [-0.1, -0.05) is 19.1 Å². The van der Waals surface area contributed by atoms with Gasteiger partial charge in [0.2, 0.25) is 0 Å². The molecule has 0 radical (unpaired) electrons. The number of para-hydroxylation sites is 2. The molecule has 3 aromatic rings. The van der Waals surface area contributed by atoms with Crippen LogP contribution in [0.2, 0.25) is 0 Å². The van der Waals surface area contributed by atoms with E-state index in [1.807, 2.05) is 35.9 Å². The Balaban J connectivity index is 1.49. The fourth-order valence-corrected chi connectivity index (χ4v) is 4.54. The number of hydrogen-bond acceptors (Lipinski definition) is 3. The highest BCUT2D eigenvalue weighted by molar-refractivity contribution is 7.14. The highest BCUT2D eigenvalue weighted by Gasteiger charge is 2.20. The number of benzene rings is 1. The SMILES string of the molecule is CC1CCc2sc(C(=O)NCc3nc4ccccc4n3C)cc2C1. The summed E-state index contributed by atoms with van der Waals surface area (Å²) in [5.74, 6) is 1.61. The molecule has 0 aliphatic heterocycles. The number of fused-ring (bicyclic) bond motifs is 2. The molecule has 1 aromatic carbocycles. The molecule has 1 amide bonds. The summed E-state index contributed by atoms with van der Waals surface area (Å²) in [5, 5.41) is 3.03. The van der Waals surface area contributed by atoms with E-state index in [4.69, 9.17) is 0 Å². The molecular formula is C19H21N3OS. The first-order valence-electron chi connectivity index (χ1n) is 8.42. The van der Waals surface area contributed by atoms with E-state index in [-0.39, 0.29) is 5.91 Å². The highest BCUT2D eigenvalue weighted by Crippen LogP contribution is 2.32. The Labute approximate surface area is 145 Å². The Kier molecular flexibility index (Phi) is 3.88. The van der Waals surface area contributed by atoms with Crippen molar-refractivity contribution < 1.29 is 4.79 Å². The molecule has 124 valence electrons. The van der Waals surface area contributed by atoms with Gasteiger partial charge in [-0.3, -0.25) is 4.79 Å². The van der Waals surface area contributed by atoms with E-state index in [2.05, 4.69) is 23.3 Å². The summed E-state index contributed by atoms with van der Waals surface area (Å²) in [6.45, 7) is 2.73. The summed E-state index contributed by atoms with van der Waals surface area (Å²) in [4.78, 5) is 19.3. The fraction of sp³-hybridized carbons (Fsp3) is 0.368. The third kappa shape index (κ3) is 2.73. The van der Waals surface area contributed by atoms with Gasteiger partial charge in [0.05, 0.1) is 22.5 Å². The van der Waals surface area contributed by atoms with Crippen LogP contribution in [0.1, 0.15) is 39.3 Å². The number of imidazole rings is 1. The van der Waals surface area contributed by atoms with Gasteiger partial charge in [-0.15, -0.1) is 11.3 Å². The van der Waals surface area contributed by atoms with Gasteiger partial charge >= 0.3 is 0 Å². The predicted octanol–water partition coefficient (Wildman–Crippen LogP) is 3.69. The van der Waals surface area contributed by atoms with Crippen LogP contribution >= 0.6 is 11.3 Å². The molecule has 0 fully saturated rings. The molecule has 0 saturated carbocycles. The highest BCUT2D eigenvalue weighted by atomic mass is 32.1. The van der Waals surface area contributed by atoms with E-state index in [1.54, 1.807) is 11.3 Å². The van der Waals surface area contributed by atoms with Crippen LogP contribution in [0, 0.1) is 5.92 Å². The van der Waals surface area contributed by atoms with Gasteiger partial charge in [0.15, 0.2) is 0 Å². The third-order valence-electron chi connectivity index (χ3n) is 4.84. The van der Waals surface area contributed by atoms with Crippen molar-refractivity contribution in [3.63, 3.8) is 0 Å². The molecule has 1 N–H and O–H groups in total. The number of aromatic nitrogens is 2. The number of carbonyl (C=O) groups excluding carboxylic acids is 1. The molecule has 1 aliphatic rings. The van der Waals surface area contributed by atoms with E-state index in [0.717, 1.165) is 40.5 Å². The number of nitrogens with one attached hydrogen (secondary N) is 1. The van der Waals surface area contributed by atoms with E-state index >= 15 is 0 Å². The smallest absolute Gasteiger partial charge is 0.261 e. The summed E-state index contributed by atoms with van der Waals surface area (Å²) in [6, 6.07) is 10.1. The van der Waals surface area contributed by atoms with Crippen LogP contribution in [0.4, 0.5) is 0 Å². The molecule has 2 heterocycles. The first-order valence-corrected chi connectivity index (χ1v) is 9.23. The molecular weight excluding hydrogens is 318 g/mol. The Morgan fingerprint density at radius 3 is 3.08 bits per heavy atom. The molecule has 0 bridgehead atoms. The number of hydrogen-bond donors (Lipinski definition) is 1. The van der Waals surface area contributed by atoms with Gasteiger partial charge < -0.3 is 9.88 Å². The van der Waals surface area contributed by atoms with Crippen LogP contribution in [-0.4, -0.2) is 15.5 Å². The fourth-order valence-electron chi connectivity index (χ4n) is 3.42. The Morgan fingerprint density at radius 2 is 2.25 bits per heavy atom. The molecule has 2 aromatic heterocycles. The standard InChI is InChI=1S/C19H21N3OS/c1-12-7-8-16-13(9-12)10-17(24-16)19(23)20-11-18-21-14-5-3-4-6-15(14)22(18)2/h3-6,10,12H,7-9,11H2,1-2H3,(H,20,23). The van der Waals surface area contributed by atoms with Crippen LogP contribution in [0.25, 0.3) is 11.0 Å². The minimum absolute atomic E-state index is 0.00843. The van der Waals surface area contributed by atoms with Gasteiger partial charge in [0, 0.05) is 11.9 Å². The maximum absolute atomic E-state index is 12.5. The minimum Gasteiger partial charge on any atom is -0.344 e. The van der Waals surface area contributed by atoms with Crippen LogP contribution in [0.5, 0.6) is 0 Å². The van der Waals surface area contributed by atoms with E-state index < -0.39 is 0 Å². The lowest BCUT2D eigenvalue weighted by Crippen LogP contribution is -2.23. The van der Waals surface area contributed by atoms with Crippen molar-refractivity contribution in [1.82, 2.24) is 14.9 Å². The van der Waals surface area contributed by atoms with Gasteiger partial charge in [-0.25, -0.2) is 4.98 Å². The number of thiophene rings is 1. The lowest BCUT2D eigenvalue weighted by molar-refractivity contribution is 0.0953. The number of nitrogens with zero attached hydrogens (tertiary/aromatic N) is 2. The molecule has 0 saturated heterocycles. The first kappa shape index (κ1) is 15.4. The molecule has 24 heavy (non-hydrogen) atoms. The quantitative estimate of drug-likeness (QED) is 0.791. The van der Waals surface area contributed by atoms with Crippen molar-refractivity contribution in [2.75, 3.05) is 0 Å². The maximum atomic E-state index is 12.5. The second-order valence-electron chi connectivity index (χ2n) is 6.67. The Hall–Kier alpha value is -2.14. The lowest BCUT2D eigenvalue weighted by Gasteiger charge is -2.16. The zero-order valence-corrected chi connectivity index (χ0v) is 14.8. The molecule has 1 atom stereocenters. The minimum atomic E-state index is 0.00843. The van der Waals surface area contributed by atoms with Crippen molar-refractivity contribution in [1.29, 1.82) is 0 Å². The number of rotatable bonds is 3. The number of amides is 1. The summed E-state index contributed by atoms with van der Waals surface area (Å²) in [7, 11) is 1.99. The number of carbonyl (C=O) groups is 1. The molecule has 1 aliphatic carbocycles. The molecule has 4 rings (SSSR count). The summed E-state index contributed by atoms with van der Waals surface area (Å²) in [6.07, 6.45) is 3.44. The van der Waals surface area contributed by atoms with Crippen molar-refractivity contribution >= 4 is 28.3 Å². The van der Waals surface area contributed by atoms with Gasteiger partial charge in [-0.05, 0) is 48.9 Å². The van der Waals surface area contributed by atoms with Crippen molar-refractivity contribution in [3.8, 4) is 0 Å². The topological polar surface area (TPSA) is 46.9 Å². The summed E-state index contributed by atoms with van der Waals surface area (Å²) >= 11 is 1.65. The Bertz CT molecular complexity index is 909. The van der Waals surface area contributed by atoms with E-state index in [1.165, 1.54) is 16.9 Å².